The molecular formula is C21H27FN4O2. The fourth-order valence-electron chi connectivity index (χ4n) is 3.81. The molecule has 0 atom stereocenters. The van der Waals surface area contributed by atoms with Crippen LogP contribution in [0.3, 0.4) is 0 Å². The van der Waals surface area contributed by atoms with Crippen molar-refractivity contribution in [2.45, 2.75) is 25.5 Å². The van der Waals surface area contributed by atoms with Crippen molar-refractivity contribution in [1.29, 1.82) is 0 Å². The Morgan fingerprint density at radius 2 is 1.82 bits per heavy atom. The van der Waals surface area contributed by atoms with Crippen LogP contribution in [0.15, 0.2) is 30.5 Å². The van der Waals surface area contributed by atoms with E-state index in [4.69, 9.17) is 9.47 Å². The van der Waals surface area contributed by atoms with Gasteiger partial charge in [0.1, 0.15) is 0 Å². The van der Waals surface area contributed by atoms with Gasteiger partial charge in [-0.05, 0) is 18.4 Å². The summed E-state index contributed by atoms with van der Waals surface area (Å²) in [5.74, 6) is 0.524. The smallest absolute Gasteiger partial charge is 0.183 e. The molecule has 2 fully saturated rings. The number of rotatable bonds is 5. The maximum Gasteiger partial charge on any atom is 0.183 e. The predicted molar refractivity (Wildman–Crippen MR) is 106 cm³/mol. The number of hydrogen-bond donors (Lipinski definition) is 0. The van der Waals surface area contributed by atoms with Gasteiger partial charge in [-0.15, -0.1) is 0 Å². The molecule has 0 bridgehead atoms. The van der Waals surface area contributed by atoms with Crippen LogP contribution < -0.4 is 4.90 Å². The highest BCUT2D eigenvalue weighted by Crippen LogP contribution is 2.23. The number of anilines is 1. The Balaban J connectivity index is 1.43. The van der Waals surface area contributed by atoms with Gasteiger partial charge < -0.3 is 14.4 Å². The molecule has 0 radical (unpaired) electrons. The number of benzene rings is 1. The van der Waals surface area contributed by atoms with E-state index in [0.29, 0.717) is 44.0 Å². The van der Waals surface area contributed by atoms with Gasteiger partial charge in [-0.1, -0.05) is 24.3 Å². The number of aromatic nitrogens is 2. The number of halogens is 1. The Labute approximate surface area is 165 Å². The van der Waals surface area contributed by atoms with Gasteiger partial charge >= 0.3 is 0 Å². The van der Waals surface area contributed by atoms with Crippen LogP contribution >= 0.6 is 0 Å². The molecule has 28 heavy (non-hydrogen) atoms. The van der Waals surface area contributed by atoms with Gasteiger partial charge in [0.05, 0.1) is 25.5 Å². The fourth-order valence-corrected chi connectivity index (χ4v) is 3.81. The Morgan fingerprint density at radius 3 is 2.50 bits per heavy atom. The molecule has 150 valence electrons. The molecule has 0 amide bonds. The van der Waals surface area contributed by atoms with Crippen molar-refractivity contribution in [3.8, 4) is 11.4 Å². The van der Waals surface area contributed by atoms with Crippen LogP contribution in [0.1, 0.15) is 18.4 Å². The maximum absolute atomic E-state index is 14.2. The average molecular weight is 386 g/mol. The minimum absolute atomic E-state index is 0.360. The Hall–Kier alpha value is -2.09. The number of ether oxygens (including phenoxy) is 2. The number of hydrogen-bond acceptors (Lipinski definition) is 6. The zero-order valence-electron chi connectivity index (χ0n) is 16.3. The molecule has 2 saturated heterocycles. The summed E-state index contributed by atoms with van der Waals surface area (Å²) in [4.78, 5) is 13.1. The van der Waals surface area contributed by atoms with E-state index in [2.05, 4.69) is 27.0 Å². The van der Waals surface area contributed by atoms with E-state index in [1.165, 1.54) is 11.8 Å². The van der Waals surface area contributed by atoms with Gasteiger partial charge in [0, 0.05) is 45.4 Å². The van der Waals surface area contributed by atoms with Gasteiger partial charge in [-0.2, -0.15) is 0 Å². The van der Waals surface area contributed by atoms with E-state index in [1.54, 1.807) is 7.11 Å². The topological polar surface area (TPSA) is 50.7 Å². The zero-order chi connectivity index (χ0) is 19.3. The van der Waals surface area contributed by atoms with E-state index < -0.39 is 0 Å². The molecule has 2 aromatic rings. The summed E-state index contributed by atoms with van der Waals surface area (Å²) in [5, 5.41) is 0. The van der Waals surface area contributed by atoms with Crippen LogP contribution in [-0.2, 0) is 16.0 Å². The zero-order valence-corrected chi connectivity index (χ0v) is 16.3. The third-order valence-corrected chi connectivity index (χ3v) is 5.52. The largest absolute Gasteiger partial charge is 0.381 e. The third-order valence-electron chi connectivity index (χ3n) is 5.52. The molecule has 0 N–H and O–H groups in total. The van der Waals surface area contributed by atoms with Crippen molar-refractivity contribution >= 4 is 5.82 Å². The summed E-state index contributed by atoms with van der Waals surface area (Å²) in [5.41, 5.74) is 2.16. The summed E-state index contributed by atoms with van der Waals surface area (Å²) >= 11 is 0. The van der Waals surface area contributed by atoms with Gasteiger partial charge in [0.25, 0.3) is 0 Å². The van der Waals surface area contributed by atoms with Crippen LogP contribution in [0.2, 0.25) is 0 Å². The van der Waals surface area contributed by atoms with E-state index >= 15 is 0 Å². The first-order valence-corrected chi connectivity index (χ1v) is 9.92. The quantitative estimate of drug-likeness (QED) is 0.788. The molecule has 1 aromatic heterocycles. The predicted octanol–water partition coefficient (Wildman–Crippen LogP) is 2.73. The molecule has 0 unspecified atom stereocenters. The molecule has 3 heterocycles. The lowest BCUT2D eigenvalue weighted by atomic mass is 10.1. The van der Waals surface area contributed by atoms with Crippen LogP contribution in [0.4, 0.5) is 10.2 Å². The van der Waals surface area contributed by atoms with Gasteiger partial charge in [-0.25, -0.2) is 14.4 Å². The summed E-state index contributed by atoms with van der Waals surface area (Å²) in [6, 6.07) is 8.26. The SMILES string of the molecule is COC1CCN(Cc2ccc(-c3ncc(F)c(N4CCOCC4)n3)cc2)CC1. The number of likely N-dealkylation sites (tertiary alicyclic amines) is 1. The van der Waals surface area contributed by atoms with Crippen LogP contribution in [0, 0.1) is 5.82 Å². The molecule has 2 aliphatic heterocycles. The van der Waals surface area contributed by atoms with Crippen molar-refractivity contribution in [3.05, 3.63) is 41.8 Å². The van der Waals surface area contributed by atoms with E-state index in [0.717, 1.165) is 38.0 Å². The average Bonchev–Trinajstić information content (AvgIpc) is 2.76. The summed E-state index contributed by atoms with van der Waals surface area (Å²) < 4.78 is 25.0. The van der Waals surface area contributed by atoms with Gasteiger partial charge in [0.2, 0.25) is 0 Å². The molecule has 6 nitrogen and oxygen atoms in total. The first kappa shape index (κ1) is 19.2. The number of methoxy groups -OCH3 is 1. The first-order chi connectivity index (χ1) is 13.7. The van der Waals surface area contributed by atoms with Crippen LogP contribution in [-0.4, -0.2) is 67.5 Å². The molecule has 0 spiro atoms. The minimum atomic E-state index is -0.387. The molecule has 1 aromatic carbocycles. The minimum Gasteiger partial charge on any atom is -0.381 e. The van der Waals surface area contributed by atoms with Crippen molar-refractivity contribution in [1.82, 2.24) is 14.9 Å². The van der Waals surface area contributed by atoms with E-state index in [1.807, 2.05) is 17.0 Å². The first-order valence-electron chi connectivity index (χ1n) is 9.92. The standard InChI is InChI=1S/C21H27FN4O2/c1-27-18-6-8-25(9-7-18)15-16-2-4-17(5-3-16)20-23-14-19(22)21(24-20)26-10-12-28-13-11-26/h2-5,14,18H,6-13,15H2,1H3. The molecule has 2 aliphatic rings. The highest BCUT2D eigenvalue weighted by molar-refractivity contribution is 5.58. The fraction of sp³-hybridized carbons (Fsp3) is 0.524. The Bertz CT molecular complexity index is 772. The van der Waals surface area contributed by atoms with Crippen molar-refractivity contribution in [2.75, 3.05) is 51.4 Å². The van der Waals surface area contributed by atoms with E-state index in [9.17, 15) is 4.39 Å². The molecule has 0 saturated carbocycles. The third kappa shape index (κ3) is 4.48. The van der Waals surface area contributed by atoms with E-state index in [-0.39, 0.29) is 5.82 Å². The number of nitrogens with zero attached hydrogens (tertiary/aromatic N) is 4. The Morgan fingerprint density at radius 1 is 1.11 bits per heavy atom. The lowest BCUT2D eigenvalue weighted by Gasteiger charge is -2.31. The van der Waals surface area contributed by atoms with Gasteiger partial charge in [0.15, 0.2) is 17.5 Å². The molecular weight excluding hydrogens is 359 g/mol. The van der Waals surface area contributed by atoms with Crippen molar-refractivity contribution in [3.63, 3.8) is 0 Å². The highest BCUT2D eigenvalue weighted by Gasteiger charge is 2.20. The summed E-state index contributed by atoms with van der Waals surface area (Å²) in [6.45, 7) is 5.52. The van der Waals surface area contributed by atoms with Gasteiger partial charge in [-0.3, -0.25) is 4.90 Å². The van der Waals surface area contributed by atoms with Crippen molar-refractivity contribution in [2.24, 2.45) is 0 Å². The van der Waals surface area contributed by atoms with Crippen LogP contribution in [0.25, 0.3) is 11.4 Å². The second-order valence-corrected chi connectivity index (χ2v) is 7.37. The Kier molecular flexibility index (Phi) is 6.14. The highest BCUT2D eigenvalue weighted by atomic mass is 19.1. The lowest BCUT2D eigenvalue weighted by Crippen LogP contribution is -2.37. The number of morpholine rings is 1. The maximum atomic E-state index is 14.2. The second kappa shape index (κ2) is 8.94. The second-order valence-electron chi connectivity index (χ2n) is 7.37. The summed E-state index contributed by atoms with van der Waals surface area (Å²) in [7, 11) is 1.79. The lowest BCUT2D eigenvalue weighted by molar-refractivity contribution is 0.0389. The number of piperidine rings is 1. The molecule has 4 rings (SSSR count). The van der Waals surface area contributed by atoms with Crippen LogP contribution in [0.5, 0.6) is 0 Å². The molecule has 0 aliphatic carbocycles. The summed E-state index contributed by atoms with van der Waals surface area (Å²) in [6.07, 6.45) is 3.83. The normalized spacial score (nSPS) is 19.1. The molecule has 7 heteroatoms. The van der Waals surface area contributed by atoms with Crippen molar-refractivity contribution < 1.29 is 13.9 Å². The monoisotopic (exact) mass is 386 g/mol.